The molecule has 0 saturated heterocycles. The Labute approximate surface area is 106 Å². The molecular weight excluding hydrogens is 229 g/mol. The van der Waals surface area contributed by atoms with Gasteiger partial charge in [-0.25, -0.2) is 4.39 Å². The van der Waals surface area contributed by atoms with Gasteiger partial charge in [-0.15, -0.1) is 0 Å². The van der Waals surface area contributed by atoms with Gasteiger partial charge >= 0.3 is 0 Å². The molecule has 96 valence electrons. The Hall–Kier alpha value is -1.55. The molecule has 0 spiro atoms. The molecule has 0 saturated carbocycles. The topological polar surface area (TPSA) is 37.8 Å². The van der Waals surface area contributed by atoms with Crippen LogP contribution in [0.25, 0.3) is 11.0 Å². The minimum atomic E-state index is -1.11. The average molecular weight is 247 g/mol. The zero-order valence-electron chi connectivity index (χ0n) is 10.8. The molecule has 2 rings (SSSR count). The zero-order chi connectivity index (χ0) is 13.0. The fourth-order valence-corrected chi connectivity index (χ4v) is 1.74. The first-order valence-electron chi connectivity index (χ1n) is 6.14. The highest BCUT2D eigenvalue weighted by molar-refractivity contribution is 5.74. The molecule has 0 radical (unpaired) electrons. The van der Waals surface area contributed by atoms with Gasteiger partial charge < -0.3 is 5.32 Å². The van der Waals surface area contributed by atoms with Crippen LogP contribution in [0.5, 0.6) is 0 Å². The SMILES string of the molecule is CC(C)(F)CCNCc1ccc2nccnc2c1. The maximum absolute atomic E-state index is 13.3. The third-order valence-corrected chi connectivity index (χ3v) is 2.76. The average Bonchev–Trinajstić information content (AvgIpc) is 2.33. The van der Waals surface area contributed by atoms with E-state index in [4.69, 9.17) is 0 Å². The maximum Gasteiger partial charge on any atom is 0.106 e. The molecule has 18 heavy (non-hydrogen) atoms. The minimum Gasteiger partial charge on any atom is -0.313 e. The van der Waals surface area contributed by atoms with Gasteiger partial charge in [-0.05, 0) is 44.5 Å². The van der Waals surface area contributed by atoms with E-state index >= 15 is 0 Å². The van der Waals surface area contributed by atoms with E-state index in [9.17, 15) is 4.39 Å². The van der Waals surface area contributed by atoms with Gasteiger partial charge in [0, 0.05) is 18.9 Å². The summed E-state index contributed by atoms with van der Waals surface area (Å²) in [6.07, 6.45) is 3.88. The van der Waals surface area contributed by atoms with Crippen LogP contribution in [0.15, 0.2) is 30.6 Å². The highest BCUT2D eigenvalue weighted by Crippen LogP contribution is 2.13. The summed E-state index contributed by atoms with van der Waals surface area (Å²) in [5, 5.41) is 3.23. The van der Waals surface area contributed by atoms with Crippen LogP contribution in [0.3, 0.4) is 0 Å². The van der Waals surface area contributed by atoms with Gasteiger partial charge in [0.25, 0.3) is 0 Å². The third-order valence-electron chi connectivity index (χ3n) is 2.76. The molecule has 1 aromatic carbocycles. The number of hydrogen-bond acceptors (Lipinski definition) is 3. The molecule has 2 aromatic rings. The second-order valence-corrected chi connectivity index (χ2v) is 5.02. The van der Waals surface area contributed by atoms with E-state index in [1.54, 1.807) is 26.2 Å². The number of halogens is 1. The largest absolute Gasteiger partial charge is 0.313 e. The summed E-state index contributed by atoms with van der Waals surface area (Å²) >= 11 is 0. The molecule has 0 fully saturated rings. The molecule has 0 bridgehead atoms. The van der Waals surface area contributed by atoms with Gasteiger partial charge in [0.05, 0.1) is 11.0 Å². The predicted molar refractivity (Wildman–Crippen MR) is 71.0 cm³/mol. The number of fused-ring (bicyclic) bond motifs is 1. The molecule has 3 nitrogen and oxygen atoms in total. The van der Waals surface area contributed by atoms with Crippen LogP contribution in [0.1, 0.15) is 25.8 Å². The molecule has 1 heterocycles. The summed E-state index contributed by atoms with van der Waals surface area (Å²) in [6.45, 7) is 4.59. The van der Waals surface area contributed by atoms with Gasteiger partial charge in [-0.2, -0.15) is 0 Å². The van der Waals surface area contributed by atoms with Gasteiger partial charge in [-0.3, -0.25) is 9.97 Å². The van der Waals surface area contributed by atoms with Gasteiger partial charge in [0.1, 0.15) is 5.67 Å². The maximum atomic E-state index is 13.3. The van der Waals surface area contributed by atoms with Crippen molar-refractivity contribution in [3.05, 3.63) is 36.2 Å². The van der Waals surface area contributed by atoms with Crippen LogP contribution in [0.2, 0.25) is 0 Å². The van der Waals surface area contributed by atoms with Crippen molar-refractivity contribution >= 4 is 11.0 Å². The van der Waals surface area contributed by atoms with E-state index in [0.717, 1.165) is 23.1 Å². The van der Waals surface area contributed by atoms with Gasteiger partial charge in [-0.1, -0.05) is 6.07 Å². The van der Waals surface area contributed by atoms with Crippen LogP contribution in [0, 0.1) is 0 Å². The van der Waals surface area contributed by atoms with Crippen molar-refractivity contribution in [2.75, 3.05) is 6.54 Å². The fourth-order valence-electron chi connectivity index (χ4n) is 1.74. The van der Waals surface area contributed by atoms with E-state index < -0.39 is 5.67 Å². The lowest BCUT2D eigenvalue weighted by atomic mass is 10.1. The second-order valence-electron chi connectivity index (χ2n) is 5.02. The number of aromatic nitrogens is 2. The highest BCUT2D eigenvalue weighted by atomic mass is 19.1. The Morgan fingerprint density at radius 2 is 1.89 bits per heavy atom. The summed E-state index contributed by atoms with van der Waals surface area (Å²) in [6, 6.07) is 5.99. The van der Waals surface area contributed by atoms with Crippen molar-refractivity contribution in [3.8, 4) is 0 Å². The molecule has 0 aliphatic carbocycles. The van der Waals surface area contributed by atoms with Crippen molar-refractivity contribution in [2.24, 2.45) is 0 Å². The molecular formula is C14H18FN3. The standard InChI is InChI=1S/C14H18FN3/c1-14(2,15)5-6-16-10-11-3-4-12-13(9-11)18-8-7-17-12/h3-4,7-9,16H,5-6,10H2,1-2H3. The molecule has 4 heteroatoms. The summed E-state index contributed by atoms with van der Waals surface area (Å²) < 4.78 is 13.3. The van der Waals surface area contributed by atoms with E-state index in [1.807, 2.05) is 18.2 Å². The normalized spacial score (nSPS) is 11.9. The first-order valence-corrected chi connectivity index (χ1v) is 6.14. The van der Waals surface area contributed by atoms with Crippen molar-refractivity contribution in [1.82, 2.24) is 15.3 Å². The summed E-state index contributed by atoms with van der Waals surface area (Å²) in [5.74, 6) is 0. The molecule has 0 unspecified atom stereocenters. The number of benzene rings is 1. The van der Waals surface area contributed by atoms with Gasteiger partial charge in [0.2, 0.25) is 0 Å². The van der Waals surface area contributed by atoms with Crippen LogP contribution >= 0.6 is 0 Å². The highest BCUT2D eigenvalue weighted by Gasteiger charge is 2.13. The number of alkyl halides is 1. The van der Waals surface area contributed by atoms with E-state index in [1.165, 1.54) is 0 Å². The Balaban J connectivity index is 1.92. The molecule has 1 aromatic heterocycles. The van der Waals surface area contributed by atoms with Crippen molar-refractivity contribution in [2.45, 2.75) is 32.5 Å². The number of hydrogen-bond donors (Lipinski definition) is 1. The summed E-state index contributed by atoms with van der Waals surface area (Å²) in [4.78, 5) is 8.48. The quantitative estimate of drug-likeness (QED) is 0.826. The monoisotopic (exact) mass is 247 g/mol. The molecule has 1 N–H and O–H groups in total. The number of nitrogens with one attached hydrogen (secondary N) is 1. The number of nitrogens with zero attached hydrogens (tertiary/aromatic N) is 2. The zero-order valence-corrected chi connectivity index (χ0v) is 10.8. The smallest absolute Gasteiger partial charge is 0.106 e. The molecule has 0 amide bonds. The van der Waals surface area contributed by atoms with Crippen molar-refractivity contribution in [1.29, 1.82) is 0 Å². The summed E-state index contributed by atoms with van der Waals surface area (Å²) in [5.41, 5.74) is 1.82. The van der Waals surface area contributed by atoms with E-state index in [2.05, 4.69) is 15.3 Å². The lowest BCUT2D eigenvalue weighted by molar-refractivity contribution is 0.200. The Kier molecular flexibility index (Phi) is 3.87. The van der Waals surface area contributed by atoms with E-state index in [-0.39, 0.29) is 0 Å². The lowest BCUT2D eigenvalue weighted by Crippen LogP contribution is -2.23. The molecule has 0 atom stereocenters. The fraction of sp³-hybridized carbons (Fsp3) is 0.429. The lowest BCUT2D eigenvalue weighted by Gasteiger charge is -2.14. The summed E-state index contributed by atoms with van der Waals surface area (Å²) in [7, 11) is 0. The predicted octanol–water partition coefficient (Wildman–Crippen LogP) is 2.86. The Morgan fingerprint density at radius 3 is 2.61 bits per heavy atom. The molecule has 0 aliphatic rings. The first-order chi connectivity index (χ1) is 8.54. The second kappa shape index (κ2) is 5.40. The number of rotatable bonds is 5. The van der Waals surface area contributed by atoms with Crippen LogP contribution in [0.4, 0.5) is 4.39 Å². The Morgan fingerprint density at radius 1 is 1.17 bits per heavy atom. The van der Waals surface area contributed by atoms with Crippen molar-refractivity contribution < 1.29 is 4.39 Å². The van der Waals surface area contributed by atoms with Crippen LogP contribution < -0.4 is 5.32 Å². The van der Waals surface area contributed by atoms with E-state index in [0.29, 0.717) is 13.0 Å². The molecule has 0 aliphatic heterocycles. The van der Waals surface area contributed by atoms with Crippen LogP contribution in [-0.2, 0) is 6.54 Å². The minimum absolute atomic E-state index is 0.514. The van der Waals surface area contributed by atoms with Crippen LogP contribution in [-0.4, -0.2) is 22.2 Å². The first kappa shape index (κ1) is 12.9. The van der Waals surface area contributed by atoms with Crippen molar-refractivity contribution in [3.63, 3.8) is 0 Å². The Bertz CT molecular complexity index is 520. The van der Waals surface area contributed by atoms with Gasteiger partial charge in [0.15, 0.2) is 0 Å². The third kappa shape index (κ3) is 3.74.